The number of alkyl halides is 3. The SMILES string of the molecule is O=C(CSc1nnc(/C=C/c2ccccc2)c(=O)[nH]1)Nc1cc(C(F)(F)F)ccc1Cl. The summed E-state index contributed by atoms with van der Waals surface area (Å²) in [7, 11) is 0. The van der Waals surface area contributed by atoms with E-state index in [0.29, 0.717) is 0 Å². The Morgan fingerprint density at radius 3 is 2.55 bits per heavy atom. The van der Waals surface area contributed by atoms with Crippen LogP contribution in [0.5, 0.6) is 0 Å². The molecule has 1 heterocycles. The number of hydrogen-bond acceptors (Lipinski definition) is 5. The molecule has 6 nitrogen and oxygen atoms in total. The smallest absolute Gasteiger partial charge is 0.324 e. The van der Waals surface area contributed by atoms with E-state index in [2.05, 4.69) is 20.5 Å². The summed E-state index contributed by atoms with van der Waals surface area (Å²) in [6.07, 6.45) is -1.35. The number of anilines is 1. The third-order valence-electron chi connectivity index (χ3n) is 3.84. The van der Waals surface area contributed by atoms with Crippen LogP contribution in [0.1, 0.15) is 16.8 Å². The van der Waals surface area contributed by atoms with Crippen molar-refractivity contribution in [2.24, 2.45) is 0 Å². The lowest BCUT2D eigenvalue weighted by Gasteiger charge is -2.11. The number of nitrogens with zero attached hydrogens (tertiary/aromatic N) is 2. The molecule has 2 aromatic carbocycles. The third kappa shape index (κ3) is 6.43. The van der Waals surface area contributed by atoms with Gasteiger partial charge in [0.05, 0.1) is 22.0 Å². The maximum atomic E-state index is 12.8. The van der Waals surface area contributed by atoms with Crippen molar-refractivity contribution in [3.05, 3.63) is 80.7 Å². The second-order valence-corrected chi connectivity index (χ2v) is 7.49. The number of carbonyl (C=O) groups excluding carboxylic acids is 1. The lowest BCUT2D eigenvalue weighted by molar-refractivity contribution is -0.137. The topological polar surface area (TPSA) is 87.7 Å². The lowest BCUT2D eigenvalue weighted by atomic mass is 10.2. The van der Waals surface area contributed by atoms with Crippen molar-refractivity contribution in [3.8, 4) is 0 Å². The predicted octanol–water partition coefficient (Wildman–Crippen LogP) is 4.74. The fraction of sp³-hybridized carbons (Fsp3) is 0.100. The summed E-state index contributed by atoms with van der Waals surface area (Å²) in [6.45, 7) is 0. The van der Waals surface area contributed by atoms with E-state index >= 15 is 0 Å². The number of hydrogen-bond donors (Lipinski definition) is 2. The van der Waals surface area contributed by atoms with Crippen molar-refractivity contribution in [3.63, 3.8) is 0 Å². The van der Waals surface area contributed by atoms with Crippen LogP contribution in [0.2, 0.25) is 5.02 Å². The van der Waals surface area contributed by atoms with E-state index in [4.69, 9.17) is 11.6 Å². The van der Waals surface area contributed by atoms with Crippen molar-refractivity contribution in [2.45, 2.75) is 11.3 Å². The number of halogens is 4. The summed E-state index contributed by atoms with van der Waals surface area (Å²) >= 11 is 6.72. The Hall–Kier alpha value is -3.11. The average Bonchev–Trinajstić information content (AvgIpc) is 2.73. The van der Waals surface area contributed by atoms with Crippen LogP contribution in [-0.4, -0.2) is 26.8 Å². The third-order valence-corrected chi connectivity index (χ3v) is 5.04. The minimum Gasteiger partial charge on any atom is -0.324 e. The normalized spacial score (nSPS) is 11.6. The van der Waals surface area contributed by atoms with Crippen LogP contribution in [0.3, 0.4) is 0 Å². The Morgan fingerprint density at radius 1 is 1.13 bits per heavy atom. The van der Waals surface area contributed by atoms with Gasteiger partial charge in [-0.2, -0.15) is 13.2 Å². The first-order chi connectivity index (χ1) is 14.7. The second-order valence-electron chi connectivity index (χ2n) is 6.12. The molecule has 31 heavy (non-hydrogen) atoms. The van der Waals surface area contributed by atoms with Crippen LogP contribution in [0.25, 0.3) is 12.2 Å². The molecule has 160 valence electrons. The van der Waals surface area contributed by atoms with Crippen molar-refractivity contribution < 1.29 is 18.0 Å². The highest BCUT2D eigenvalue weighted by molar-refractivity contribution is 7.99. The van der Waals surface area contributed by atoms with Gasteiger partial charge in [0, 0.05) is 0 Å². The van der Waals surface area contributed by atoms with Crippen LogP contribution in [-0.2, 0) is 11.0 Å². The van der Waals surface area contributed by atoms with Crippen molar-refractivity contribution in [1.29, 1.82) is 0 Å². The molecular weight excluding hydrogens is 453 g/mol. The highest BCUT2D eigenvalue weighted by Crippen LogP contribution is 2.33. The summed E-state index contributed by atoms with van der Waals surface area (Å²) in [6, 6.07) is 11.9. The van der Waals surface area contributed by atoms with E-state index in [1.165, 1.54) is 6.08 Å². The Morgan fingerprint density at radius 2 is 1.87 bits per heavy atom. The molecule has 0 aliphatic heterocycles. The van der Waals surface area contributed by atoms with Gasteiger partial charge in [-0.3, -0.25) is 14.6 Å². The zero-order valence-electron chi connectivity index (χ0n) is 15.6. The van der Waals surface area contributed by atoms with Gasteiger partial charge in [-0.05, 0) is 29.8 Å². The van der Waals surface area contributed by atoms with E-state index in [9.17, 15) is 22.8 Å². The molecule has 0 saturated heterocycles. The molecule has 3 aromatic rings. The van der Waals surface area contributed by atoms with Gasteiger partial charge in [0.2, 0.25) is 5.91 Å². The quantitative estimate of drug-likeness (QED) is 0.512. The Balaban J connectivity index is 1.61. The van der Waals surface area contributed by atoms with Crippen LogP contribution in [0.4, 0.5) is 18.9 Å². The first kappa shape index (κ1) is 22.6. The van der Waals surface area contributed by atoms with Gasteiger partial charge in [0.25, 0.3) is 5.56 Å². The standard InChI is InChI=1S/C20H14ClF3N4O2S/c21-14-8-7-13(20(22,23)24)10-16(14)25-17(29)11-31-19-26-18(30)15(27-28-19)9-6-12-4-2-1-3-5-12/h1-10H,11H2,(H,25,29)(H,26,28,30)/b9-6+. The van der Waals surface area contributed by atoms with Gasteiger partial charge in [0.1, 0.15) is 0 Å². The maximum absolute atomic E-state index is 12.8. The van der Waals surface area contributed by atoms with E-state index < -0.39 is 23.2 Å². The molecule has 0 radical (unpaired) electrons. The zero-order chi connectivity index (χ0) is 22.4. The van der Waals surface area contributed by atoms with Gasteiger partial charge in [-0.25, -0.2) is 0 Å². The van der Waals surface area contributed by atoms with Crippen LogP contribution >= 0.6 is 23.4 Å². The average molecular weight is 467 g/mol. The first-order valence-electron chi connectivity index (χ1n) is 8.72. The van der Waals surface area contributed by atoms with Crippen LogP contribution < -0.4 is 10.9 Å². The molecule has 2 N–H and O–H groups in total. The molecule has 3 rings (SSSR count). The van der Waals surface area contributed by atoms with Gasteiger partial charge in [-0.1, -0.05) is 59.8 Å². The fourth-order valence-electron chi connectivity index (χ4n) is 2.36. The summed E-state index contributed by atoms with van der Waals surface area (Å²) < 4.78 is 38.4. The summed E-state index contributed by atoms with van der Waals surface area (Å²) in [5.41, 5.74) is -0.622. The first-order valence-corrected chi connectivity index (χ1v) is 10.1. The molecule has 0 bridgehead atoms. The van der Waals surface area contributed by atoms with Crippen molar-refractivity contribution in [1.82, 2.24) is 15.2 Å². The lowest BCUT2D eigenvalue weighted by Crippen LogP contribution is -2.18. The number of amides is 1. The molecule has 0 aliphatic rings. The molecule has 0 unspecified atom stereocenters. The Kier molecular flexibility index (Phi) is 7.13. The number of benzene rings is 2. The number of aromatic amines is 1. The molecule has 1 amide bonds. The van der Waals surface area contributed by atoms with Gasteiger partial charge in [0.15, 0.2) is 10.9 Å². The van der Waals surface area contributed by atoms with Crippen molar-refractivity contribution >= 4 is 47.1 Å². The molecule has 0 spiro atoms. The number of H-pyrrole nitrogens is 1. The van der Waals surface area contributed by atoms with Gasteiger partial charge in [-0.15, -0.1) is 10.2 Å². The van der Waals surface area contributed by atoms with Crippen LogP contribution in [0.15, 0.2) is 58.5 Å². The monoisotopic (exact) mass is 466 g/mol. The Labute approximate surface area is 183 Å². The maximum Gasteiger partial charge on any atom is 0.416 e. The predicted molar refractivity (Wildman–Crippen MR) is 114 cm³/mol. The molecule has 0 fully saturated rings. The van der Waals surface area contributed by atoms with E-state index in [0.717, 1.165) is 35.5 Å². The van der Waals surface area contributed by atoms with E-state index in [1.54, 1.807) is 6.08 Å². The summed E-state index contributed by atoms with van der Waals surface area (Å²) in [4.78, 5) is 26.7. The second kappa shape index (κ2) is 9.80. The van der Waals surface area contributed by atoms with Crippen molar-refractivity contribution in [2.75, 3.05) is 11.1 Å². The summed E-state index contributed by atoms with van der Waals surface area (Å²) in [5.74, 6) is -0.849. The number of nitrogens with one attached hydrogen (secondary N) is 2. The van der Waals surface area contributed by atoms with Gasteiger partial charge >= 0.3 is 6.18 Å². The molecule has 1 aromatic heterocycles. The molecule has 0 atom stereocenters. The molecular formula is C20H14ClF3N4O2S. The number of thioether (sulfide) groups is 1. The fourth-order valence-corrected chi connectivity index (χ4v) is 3.13. The van der Waals surface area contributed by atoms with E-state index in [-0.39, 0.29) is 27.3 Å². The van der Waals surface area contributed by atoms with E-state index in [1.807, 2.05) is 30.3 Å². The molecule has 0 aliphatic carbocycles. The minimum atomic E-state index is -4.56. The largest absolute Gasteiger partial charge is 0.416 e. The zero-order valence-corrected chi connectivity index (χ0v) is 17.2. The highest BCUT2D eigenvalue weighted by atomic mass is 35.5. The number of carbonyl (C=O) groups is 1. The molecule has 11 heteroatoms. The minimum absolute atomic E-state index is 0.0332. The number of rotatable bonds is 6. The van der Waals surface area contributed by atoms with Gasteiger partial charge < -0.3 is 5.32 Å². The highest BCUT2D eigenvalue weighted by Gasteiger charge is 2.31. The van der Waals surface area contributed by atoms with Crippen LogP contribution in [0, 0.1) is 0 Å². The number of aromatic nitrogens is 3. The summed E-state index contributed by atoms with van der Waals surface area (Å²) in [5, 5.41) is 10.0. The molecule has 0 saturated carbocycles. The Bertz CT molecular complexity index is 1170.